The van der Waals surface area contributed by atoms with Gasteiger partial charge in [0.2, 0.25) is 0 Å². The highest BCUT2D eigenvalue weighted by Gasteiger charge is 2.43. The second-order valence-electron chi connectivity index (χ2n) is 2.09. The number of rotatable bonds is 2. The highest BCUT2D eigenvalue weighted by Crippen LogP contribution is 2.31. The van der Waals surface area contributed by atoms with Gasteiger partial charge in [-0.2, -0.15) is 8.78 Å². The number of alkyl halides is 4. The van der Waals surface area contributed by atoms with Crippen molar-refractivity contribution in [3.63, 3.8) is 0 Å². The summed E-state index contributed by atoms with van der Waals surface area (Å²) in [6.45, 7) is 0. The Morgan fingerprint density at radius 1 is 1.42 bits per heavy atom. The highest BCUT2D eigenvalue weighted by molar-refractivity contribution is 9.10. The Morgan fingerprint density at radius 2 is 2.00 bits per heavy atom. The lowest BCUT2D eigenvalue weighted by atomic mass is 10.5. The maximum absolute atomic E-state index is 12.6. The average molecular weight is 246 g/mol. The van der Waals surface area contributed by atoms with Gasteiger partial charge in [0.1, 0.15) is 0 Å². The monoisotopic (exact) mass is 245 g/mol. The third-order valence-electron chi connectivity index (χ3n) is 1.28. The zero-order valence-electron chi connectivity index (χ0n) is 5.65. The molecule has 1 aromatic rings. The van der Waals surface area contributed by atoms with Gasteiger partial charge >= 0.3 is 12.5 Å². The van der Waals surface area contributed by atoms with E-state index in [0.29, 0.717) is 0 Å². The SMILES string of the molecule is FC(F)C(F)(F)n1cccc1Br. The molecular weight excluding hydrogens is 242 g/mol. The minimum Gasteiger partial charge on any atom is -0.278 e. The molecule has 0 aliphatic carbocycles. The maximum atomic E-state index is 12.6. The Bertz CT molecular complexity index is 270. The van der Waals surface area contributed by atoms with Crippen LogP contribution < -0.4 is 0 Å². The van der Waals surface area contributed by atoms with Crippen molar-refractivity contribution in [2.24, 2.45) is 0 Å². The summed E-state index contributed by atoms with van der Waals surface area (Å²) in [6, 6.07) is -1.64. The van der Waals surface area contributed by atoms with E-state index in [2.05, 4.69) is 15.9 Å². The number of nitrogens with zero attached hydrogens (tertiary/aromatic N) is 1. The van der Waals surface area contributed by atoms with Crippen LogP contribution in [0.4, 0.5) is 17.6 Å². The minimum absolute atomic E-state index is 0.0761. The molecule has 1 aromatic heterocycles. The predicted octanol–water partition coefficient (Wildman–Crippen LogP) is 3.07. The second-order valence-corrected chi connectivity index (χ2v) is 2.90. The van der Waals surface area contributed by atoms with Gasteiger partial charge in [-0.15, -0.1) is 0 Å². The molecule has 1 rings (SSSR count). The van der Waals surface area contributed by atoms with Gasteiger partial charge in [0, 0.05) is 6.20 Å². The van der Waals surface area contributed by atoms with Crippen LogP contribution in [-0.2, 0) is 6.05 Å². The van der Waals surface area contributed by atoms with Crippen LogP contribution in [-0.4, -0.2) is 11.0 Å². The highest BCUT2D eigenvalue weighted by atomic mass is 79.9. The molecule has 0 spiro atoms. The Labute approximate surface area is 74.1 Å². The summed E-state index contributed by atoms with van der Waals surface area (Å²) in [5.74, 6) is 0. The first-order chi connectivity index (χ1) is 5.46. The van der Waals surface area contributed by atoms with E-state index in [4.69, 9.17) is 0 Å². The van der Waals surface area contributed by atoms with Gasteiger partial charge in [-0.25, -0.2) is 8.78 Å². The fourth-order valence-electron chi connectivity index (χ4n) is 0.707. The molecule has 1 nitrogen and oxygen atoms in total. The lowest BCUT2D eigenvalue weighted by Gasteiger charge is -2.17. The predicted molar refractivity (Wildman–Crippen MR) is 38.3 cm³/mol. The molecule has 6 heteroatoms. The van der Waals surface area contributed by atoms with Crippen LogP contribution >= 0.6 is 15.9 Å². The van der Waals surface area contributed by atoms with Crippen LogP contribution in [0.5, 0.6) is 0 Å². The standard InChI is InChI=1S/C6H4BrF4N/c7-4-2-1-3-12(4)6(10,11)5(8)9/h1-3,5H. The molecular formula is C6H4BrF4N. The van der Waals surface area contributed by atoms with Crippen molar-refractivity contribution >= 4 is 15.9 Å². The summed E-state index contributed by atoms with van der Waals surface area (Å²) in [4.78, 5) is 0. The van der Waals surface area contributed by atoms with E-state index in [1.807, 2.05) is 0 Å². The van der Waals surface area contributed by atoms with Crippen LogP contribution in [0.1, 0.15) is 0 Å². The van der Waals surface area contributed by atoms with E-state index in [1.54, 1.807) is 0 Å². The Kier molecular flexibility index (Phi) is 2.46. The summed E-state index contributed by atoms with van der Waals surface area (Å²) >= 11 is 2.72. The van der Waals surface area contributed by atoms with Crippen LogP contribution in [0.15, 0.2) is 22.9 Å². The zero-order chi connectivity index (χ0) is 9.35. The fourth-order valence-corrected chi connectivity index (χ4v) is 1.21. The minimum atomic E-state index is -4.15. The third-order valence-corrected chi connectivity index (χ3v) is 1.93. The first-order valence-corrected chi connectivity index (χ1v) is 3.75. The zero-order valence-corrected chi connectivity index (χ0v) is 7.23. The van der Waals surface area contributed by atoms with Gasteiger partial charge in [0.15, 0.2) is 0 Å². The normalized spacial score (nSPS) is 12.5. The Morgan fingerprint density at radius 3 is 2.33 bits per heavy atom. The molecule has 0 radical (unpaired) electrons. The number of hydrogen-bond acceptors (Lipinski definition) is 0. The molecule has 0 fully saturated rings. The third kappa shape index (κ3) is 1.48. The maximum Gasteiger partial charge on any atom is 0.389 e. The summed E-state index contributed by atoms with van der Waals surface area (Å²) in [5.41, 5.74) is 0. The lowest BCUT2D eigenvalue weighted by Crippen LogP contribution is -2.30. The second kappa shape index (κ2) is 3.08. The van der Waals surface area contributed by atoms with Crippen molar-refractivity contribution in [1.29, 1.82) is 0 Å². The largest absolute Gasteiger partial charge is 0.389 e. The van der Waals surface area contributed by atoms with Crippen LogP contribution in [0.25, 0.3) is 0 Å². The molecule has 0 aromatic carbocycles. The van der Waals surface area contributed by atoms with Crippen LogP contribution in [0.2, 0.25) is 0 Å². The van der Waals surface area contributed by atoms with E-state index in [0.717, 1.165) is 6.20 Å². The first-order valence-electron chi connectivity index (χ1n) is 2.95. The molecule has 0 saturated heterocycles. The van der Waals surface area contributed by atoms with Crippen LogP contribution in [0.3, 0.4) is 0 Å². The van der Waals surface area contributed by atoms with Gasteiger partial charge in [-0.3, -0.25) is 4.57 Å². The number of aromatic nitrogens is 1. The lowest BCUT2D eigenvalue weighted by molar-refractivity contribution is -0.190. The summed E-state index contributed by atoms with van der Waals surface area (Å²) in [7, 11) is 0. The summed E-state index contributed by atoms with van der Waals surface area (Å²) < 4.78 is 48.7. The van der Waals surface area contributed by atoms with E-state index in [9.17, 15) is 17.6 Å². The van der Waals surface area contributed by atoms with E-state index < -0.39 is 12.5 Å². The van der Waals surface area contributed by atoms with Crippen molar-refractivity contribution in [3.8, 4) is 0 Å². The molecule has 0 saturated carbocycles. The van der Waals surface area contributed by atoms with Crippen molar-refractivity contribution < 1.29 is 17.6 Å². The van der Waals surface area contributed by atoms with Gasteiger partial charge < -0.3 is 0 Å². The van der Waals surface area contributed by atoms with Crippen molar-refractivity contribution in [3.05, 3.63) is 22.9 Å². The van der Waals surface area contributed by atoms with E-state index >= 15 is 0 Å². The molecule has 0 aliphatic heterocycles. The molecule has 0 amide bonds. The topological polar surface area (TPSA) is 4.93 Å². The van der Waals surface area contributed by atoms with Crippen molar-refractivity contribution in [2.45, 2.75) is 12.5 Å². The smallest absolute Gasteiger partial charge is 0.278 e. The fraction of sp³-hybridized carbons (Fsp3) is 0.333. The molecule has 0 N–H and O–H groups in total. The van der Waals surface area contributed by atoms with Crippen LogP contribution in [0, 0.1) is 0 Å². The quantitative estimate of drug-likeness (QED) is 0.706. The average Bonchev–Trinajstić information content (AvgIpc) is 2.35. The summed E-state index contributed by atoms with van der Waals surface area (Å²) in [5, 5.41) is 0. The van der Waals surface area contributed by atoms with Gasteiger partial charge in [-0.1, -0.05) is 0 Å². The van der Waals surface area contributed by atoms with Gasteiger partial charge in [0.25, 0.3) is 0 Å². The molecule has 1 heterocycles. The molecule has 12 heavy (non-hydrogen) atoms. The molecule has 0 aliphatic rings. The first kappa shape index (κ1) is 9.57. The van der Waals surface area contributed by atoms with E-state index in [1.165, 1.54) is 12.1 Å². The van der Waals surface area contributed by atoms with Gasteiger partial charge in [0.05, 0.1) is 4.60 Å². The van der Waals surface area contributed by atoms with Gasteiger partial charge in [-0.05, 0) is 28.1 Å². The summed E-state index contributed by atoms with van der Waals surface area (Å²) in [6.07, 6.45) is -2.82. The van der Waals surface area contributed by atoms with E-state index in [-0.39, 0.29) is 9.17 Å². The number of halogens is 5. The Hall–Kier alpha value is -0.520. The van der Waals surface area contributed by atoms with Crippen molar-refractivity contribution in [2.75, 3.05) is 0 Å². The molecule has 68 valence electrons. The number of hydrogen-bond donors (Lipinski definition) is 0. The molecule has 0 atom stereocenters. The molecule has 0 bridgehead atoms. The molecule has 0 unspecified atom stereocenters. The van der Waals surface area contributed by atoms with Crippen molar-refractivity contribution in [1.82, 2.24) is 4.57 Å². The Balaban J connectivity index is 3.05.